The first-order valence-corrected chi connectivity index (χ1v) is 6.53. The van der Waals surface area contributed by atoms with Gasteiger partial charge in [0, 0.05) is 6.61 Å². The minimum absolute atomic E-state index is 0.436. The topological polar surface area (TPSA) is 72.5 Å². The molecule has 1 aliphatic heterocycles. The summed E-state index contributed by atoms with van der Waals surface area (Å²) in [6, 6.07) is -0.708. The molecule has 1 heterocycles. The van der Waals surface area contributed by atoms with Crippen LogP contribution in [0.15, 0.2) is 0 Å². The van der Waals surface area contributed by atoms with Gasteiger partial charge in [0.05, 0.1) is 6.10 Å². The van der Waals surface area contributed by atoms with Gasteiger partial charge in [-0.15, -0.1) is 0 Å². The Hall–Kier alpha value is -0.260. The summed E-state index contributed by atoms with van der Waals surface area (Å²) in [5, 5.41) is 8.56. The standard InChI is InChI=1S/C10H19NO3S/c11-9(10(12)13)4-7-15-6-3-8-2-1-5-14-8/h8-9H,1-7,11H2,(H,12,13). The zero-order chi connectivity index (χ0) is 11.1. The highest BCUT2D eigenvalue weighted by atomic mass is 32.2. The van der Waals surface area contributed by atoms with Gasteiger partial charge in [-0.3, -0.25) is 4.79 Å². The predicted molar refractivity (Wildman–Crippen MR) is 61.1 cm³/mol. The number of carboxylic acids is 1. The van der Waals surface area contributed by atoms with Crippen LogP contribution in [0.5, 0.6) is 0 Å². The molecule has 0 radical (unpaired) electrons. The normalized spacial score (nSPS) is 22.9. The highest BCUT2D eigenvalue weighted by molar-refractivity contribution is 7.99. The molecular weight excluding hydrogens is 214 g/mol. The van der Waals surface area contributed by atoms with E-state index < -0.39 is 12.0 Å². The number of carbonyl (C=O) groups is 1. The molecule has 0 bridgehead atoms. The minimum atomic E-state index is -0.908. The summed E-state index contributed by atoms with van der Waals surface area (Å²) in [6.45, 7) is 0.902. The molecule has 1 fully saturated rings. The van der Waals surface area contributed by atoms with Crippen molar-refractivity contribution >= 4 is 17.7 Å². The first-order valence-electron chi connectivity index (χ1n) is 5.38. The highest BCUT2D eigenvalue weighted by Gasteiger charge is 2.15. The molecule has 0 spiro atoms. The van der Waals surface area contributed by atoms with Gasteiger partial charge in [0.25, 0.3) is 0 Å². The van der Waals surface area contributed by atoms with Crippen LogP contribution in [-0.4, -0.2) is 41.3 Å². The van der Waals surface area contributed by atoms with Crippen LogP contribution in [0.1, 0.15) is 25.7 Å². The molecule has 2 unspecified atom stereocenters. The smallest absolute Gasteiger partial charge is 0.320 e. The van der Waals surface area contributed by atoms with E-state index in [4.69, 9.17) is 15.6 Å². The van der Waals surface area contributed by atoms with E-state index in [9.17, 15) is 4.79 Å². The Labute approximate surface area is 94.6 Å². The number of hydrogen-bond acceptors (Lipinski definition) is 4. The number of carboxylic acid groups (broad SMARTS) is 1. The van der Waals surface area contributed by atoms with Crippen molar-refractivity contribution in [3.63, 3.8) is 0 Å². The van der Waals surface area contributed by atoms with E-state index in [0.29, 0.717) is 12.5 Å². The Morgan fingerprint density at radius 2 is 2.40 bits per heavy atom. The van der Waals surface area contributed by atoms with E-state index in [1.165, 1.54) is 12.8 Å². The van der Waals surface area contributed by atoms with Crippen molar-refractivity contribution in [3.8, 4) is 0 Å². The zero-order valence-corrected chi connectivity index (χ0v) is 9.67. The summed E-state index contributed by atoms with van der Waals surface area (Å²) in [5.74, 6) is 0.951. The summed E-state index contributed by atoms with van der Waals surface area (Å²) >= 11 is 1.76. The van der Waals surface area contributed by atoms with Gasteiger partial charge in [-0.2, -0.15) is 11.8 Å². The molecule has 15 heavy (non-hydrogen) atoms. The third kappa shape index (κ3) is 5.39. The number of aliphatic carboxylic acids is 1. The summed E-state index contributed by atoms with van der Waals surface area (Å²) in [5.41, 5.74) is 5.38. The van der Waals surface area contributed by atoms with Crippen LogP contribution < -0.4 is 5.73 Å². The van der Waals surface area contributed by atoms with Crippen LogP contribution >= 0.6 is 11.8 Å². The van der Waals surface area contributed by atoms with Crippen molar-refractivity contribution in [1.82, 2.24) is 0 Å². The zero-order valence-electron chi connectivity index (χ0n) is 8.85. The molecule has 5 heteroatoms. The van der Waals surface area contributed by atoms with Crippen molar-refractivity contribution < 1.29 is 14.6 Å². The Kier molecular flexibility index (Phi) is 6.05. The molecule has 88 valence electrons. The predicted octanol–water partition coefficient (Wildman–Crippen LogP) is 1.09. The van der Waals surface area contributed by atoms with Gasteiger partial charge in [0.1, 0.15) is 6.04 Å². The van der Waals surface area contributed by atoms with Crippen molar-refractivity contribution in [2.45, 2.75) is 37.8 Å². The fraction of sp³-hybridized carbons (Fsp3) is 0.900. The van der Waals surface area contributed by atoms with E-state index in [0.717, 1.165) is 24.5 Å². The fourth-order valence-corrected chi connectivity index (χ4v) is 2.58. The van der Waals surface area contributed by atoms with Gasteiger partial charge >= 0.3 is 5.97 Å². The van der Waals surface area contributed by atoms with Crippen LogP contribution in [-0.2, 0) is 9.53 Å². The molecule has 0 saturated carbocycles. The molecule has 0 aromatic heterocycles. The van der Waals surface area contributed by atoms with E-state index in [1.807, 2.05) is 0 Å². The third-order valence-electron chi connectivity index (χ3n) is 2.50. The van der Waals surface area contributed by atoms with Crippen molar-refractivity contribution in [2.75, 3.05) is 18.1 Å². The maximum absolute atomic E-state index is 10.4. The average molecular weight is 233 g/mol. The van der Waals surface area contributed by atoms with Gasteiger partial charge in [-0.05, 0) is 37.2 Å². The molecule has 1 rings (SSSR count). The largest absolute Gasteiger partial charge is 0.480 e. The first kappa shape index (κ1) is 12.8. The lowest BCUT2D eigenvalue weighted by Gasteiger charge is -2.09. The Morgan fingerprint density at radius 3 is 3.00 bits per heavy atom. The second-order valence-electron chi connectivity index (χ2n) is 3.77. The van der Waals surface area contributed by atoms with Crippen LogP contribution in [0.25, 0.3) is 0 Å². The van der Waals surface area contributed by atoms with Crippen LogP contribution in [0.4, 0.5) is 0 Å². The lowest BCUT2D eigenvalue weighted by molar-refractivity contribution is -0.138. The van der Waals surface area contributed by atoms with Gasteiger partial charge in [-0.25, -0.2) is 0 Å². The second kappa shape index (κ2) is 7.09. The monoisotopic (exact) mass is 233 g/mol. The first-order chi connectivity index (χ1) is 7.20. The van der Waals surface area contributed by atoms with Crippen LogP contribution in [0, 0.1) is 0 Å². The summed E-state index contributed by atoms with van der Waals surface area (Å²) in [6.07, 6.45) is 4.41. The molecule has 1 saturated heterocycles. The van der Waals surface area contributed by atoms with E-state index in [-0.39, 0.29) is 0 Å². The quantitative estimate of drug-likeness (QED) is 0.644. The molecule has 0 aliphatic carbocycles. The molecular formula is C10H19NO3S. The average Bonchev–Trinajstić information content (AvgIpc) is 2.69. The summed E-state index contributed by atoms with van der Waals surface area (Å²) in [4.78, 5) is 10.4. The lowest BCUT2D eigenvalue weighted by atomic mass is 10.2. The molecule has 1 aliphatic rings. The van der Waals surface area contributed by atoms with Crippen molar-refractivity contribution in [2.24, 2.45) is 5.73 Å². The van der Waals surface area contributed by atoms with Crippen molar-refractivity contribution in [3.05, 3.63) is 0 Å². The maximum atomic E-state index is 10.4. The van der Waals surface area contributed by atoms with E-state index in [2.05, 4.69) is 0 Å². The molecule has 3 N–H and O–H groups in total. The highest BCUT2D eigenvalue weighted by Crippen LogP contribution is 2.18. The van der Waals surface area contributed by atoms with Gasteiger partial charge in [0.2, 0.25) is 0 Å². The number of thioether (sulfide) groups is 1. The summed E-state index contributed by atoms with van der Waals surface area (Å²) in [7, 11) is 0. The molecule has 2 atom stereocenters. The Bertz CT molecular complexity index is 195. The van der Waals surface area contributed by atoms with E-state index >= 15 is 0 Å². The van der Waals surface area contributed by atoms with Crippen LogP contribution in [0.2, 0.25) is 0 Å². The molecule has 0 aromatic carbocycles. The SMILES string of the molecule is NC(CCSCCC1CCCO1)C(=O)O. The van der Waals surface area contributed by atoms with E-state index in [1.54, 1.807) is 11.8 Å². The fourth-order valence-electron chi connectivity index (χ4n) is 1.52. The van der Waals surface area contributed by atoms with Gasteiger partial charge in [0.15, 0.2) is 0 Å². The van der Waals surface area contributed by atoms with Gasteiger partial charge in [-0.1, -0.05) is 0 Å². The van der Waals surface area contributed by atoms with Crippen molar-refractivity contribution in [1.29, 1.82) is 0 Å². The van der Waals surface area contributed by atoms with Crippen LogP contribution in [0.3, 0.4) is 0 Å². The Balaban J connectivity index is 1.90. The number of ether oxygens (including phenoxy) is 1. The number of nitrogens with two attached hydrogens (primary N) is 1. The lowest BCUT2D eigenvalue weighted by Crippen LogP contribution is -2.30. The van der Waals surface area contributed by atoms with Gasteiger partial charge < -0.3 is 15.6 Å². The molecule has 0 amide bonds. The Morgan fingerprint density at radius 1 is 1.60 bits per heavy atom. The molecule has 4 nitrogen and oxygen atoms in total. The number of rotatable bonds is 7. The second-order valence-corrected chi connectivity index (χ2v) is 4.99. The number of hydrogen-bond donors (Lipinski definition) is 2. The summed E-state index contributed by atoms with van der Waals surface area (Å²) < 4.78 is 5.49. The molecule has 0 aromatic rings. The maximum Gasteiger partial charge on any atom is 0.320 e. The minimum Gasteiger partial charge on any atom is -0.480 e. The third-order valence-corrected chi connectivity index (χ3v) is 3.55.